The molecular formula is C12H12N2O2S. The SMILES string of the molecule is CS(=O)(=O)Cc1ccncc1-c1ccncc1. The van der Waals surface area contributed by atoms with Gasteiger partial charge in [0.25, 0.3) is 0 Å². The van der Waals surface area contributed by atoms with Crippen molar-refractivity contribution in [2.24, 2.45) is 0 Å². The molecule has 2 aromatic rings. The van der Waals surface area contributed by atoms with Gasteiger partial charge in [-0.15, -0.1) is 0 Å². The summed E-state index contributed by atoms with van der Waals surface area (Å²) in [7, 11) is -3.05. The van der Waals surface area contributed by atoms with Crippen molar-refractivity contribution in [1.82, 2.24) is 9.97 Å². The van der Waals surface area contributed by atoms with Crippen LogP contribution in [0.1, 0.15) is 5.56 Å². The molecule has 0 aromatic carbocycles. The number of aromatic nitrogens is 2. The van der Waals surface area contributed by atoms with Crippen LogP contribution in [0.5, 0.6) is 0 Å². The topological polar surface area (TPSA) is 59.9 Å². The molecule has 5 heteroatoms. The van der Waals surface area contributed by atoms with Crippen molar-refractivity contribution in [2.45, 2.75) is 5.75 Å². The average Bonchev–Trinajstić information content (AvgIpc) is 2.29. The molecule has 0 aliphatic rings. The quantitative estimate of drug-likeness (QED) is 0.829. The van der Waals surface area contributed by atoms with Crippen molar-refractivity contribution in [3.05, 3.63) is 48.5 Å². The zero-order valence-electron chi connectivity index (χ0n) is 9.37. The predicted octanol–water partition coefficient (Wildman–Crippen LogP) is 1.69. The summed E-state index contributed by atoms with van der Waals surface area (Å²) < 4.78 is 22.7. The summed E-state index contributed by atoms with van der Waals surface area (Å²) in [6.45, 7) is 0. The molecular weight excluding hydrogens is 236 g/mol. The van der Waals surface area contributed by atoms with Crippen molar-refractivity contribution >= 4 is 9.84 Å². The Morgan fingerprint density at radius 3 is 2.35 bits per heavy atom. The summed E-state index contributed by atoms with van der Waals surface area (Å²) in [5.41, 5.74) is 2.51. The van der Waals surface area contributed by atoms with E-state index in [2.05, 4.69) is 9.97 Å². The summed E-state index contributed by atoms with van der Waals surface area (Å²) in [5, 5.41) is 0. The van der Waals surface area contributed by atoms with Gasteiger partial charge in [0, 0.05) is 36.6 Å². The van der Waals surface area contributed by atoms with Gasteiger partial charge in [-0.1, -0.05) is 0 Å². The first kappa shape index (κ1) is 11.7. The predicted molar refractivity (Wildman–Crippen MR) is 66.0 cm³/mol. The van der Waals surface area contributed by atoms with E-state index in [4.69, 9.17) is 0 Å². The Balaban J connectivity index is 2.49. The number of hydrogen-bond donors (Lipinski definition) is 0. The maximum Gasteiger partial charge on any atom is 0.151 e. The van der Waals surface area contributed by atoms with Crippen LogP contribution in [0.25, 0.3) is 11.1 Å². The summed E-state index contributed by atoms with van der Waals surface area (Å²) in [6.07, 6.45) is 7.85. The monoisotopic (exact) mass is 248 g/mol. The zero-order valence-corrected chi connectivity index (χ0v) is 10.2. The van der Waals surface area contributed by atoms with E-state index >= 15 is 0 Å². The minimum Gasteiger partial charge on any atom is -0.265 e. The molecule has 0 bridgehead atoms. The molecule has 0 saturated carbocycles. The van der Waals surface area contributed by atoms with Gasteiger partial charge >= 0.3 is 0 Å². The first-order valence-electron chi connectivity index (χ1n) is 5.07. The minimum atomic E-state index is -3.05. The Bertz CT molecular complexity index is 609. The van der Waals surface area contributed by atoms with Gasteiger partial charge in [0.2, 0.25) is 0 Å². The summed E-state index contributed by atoms with van der Waals surface area (Å²) >= 11 is 0. The first-order valence-corrected chi connectivity index (χ1v) is 7.13. The van der Waals surface area contributed by atoms with Crippen LogP contribution in [0.3, 0.4) is 0 Å². The van der Waals surface area contributed by atoms with E-state index in [1.165, 1.54) is 6.26 Å². The normalized spacial score (nSPS) is 11.4. The van der Waals surface area contributed by atoms with Crippen molar-refractivity contribution in [2.75, 3.05) is 6.26 Å². The fraction of sp³-hybridized carbons (Fsp3) is 0.167. The third-order valence-corrected chi connectivity index (χ3v) is 3.16. The molecule has 4 nitrogen and oxygen atoms in total. The number of rotatable bonds is 3. The molecule has 0 unspecified atom stereocenters. The average molecular weight is 248 g/mol. The van der Waals surface area contributed by atoms with Gasteiger partial charge in [0.05, 0.1) is 5.75 Å². The molecule has 0 amide bonds. The van der Waals surface area contributed by atoms with Crippen molar-refractivity contribution in [3.63, 3.8) is 0 Å². The van der Waals surface area contributed by atoms with E-state index in [0.717, 1.165) is 16.7 Å². The maximum atomic E-state index is 11.4. The van der Waals surface area contributed by atoms with Crippen LogP contribution in [-0.2, 0) is 15.6 Å². The second-order valence-corrected chi connectivity index (χ2v) is 5.98. The van der Waals surface area contributed by atoms with Crippen LogP contribution in [-0.4, -0.2) is 24.6 Å². The van der Waals surface area contributed by atoms with E-state index in [9.17, 15) is 8.42 Å². The van der Waals surface area contributed by atoms with Crippen LogP contribution < -0.4 is 0 Å². The molecule has 0 fully saturated rings. The number of hydrogen-bond acceptors (Lipinski definition) is 4. The molecule has 0 N–H and O–H groups in total. The number of pyridine rings is 2. The van der Waals surface area contributed by atoms with E-state index < -0.39 is 9.84 Å². The lowest BCUT2D eigenvalue weighted by atomic mass is 10.0. The Hall–Kier alpha value is -1.75. The van der Waals surface area contributed by atoms with Crippen molar-refractivity contribution < 1.29 is 8.42 Å². The molecule has 2 rings (SSSR count). The van der Waals surface area contributed by atoms with Crippen molar-refractivity contribution in [1.29, 1.82) is 0 Å². The number of nitrogens with zero attached hydrogens (tertiary/aromatic N) is 2. The van der Waals surface area contributed by atoms with Crippen molar-refractivity contribution in [3.8, 4) is 11.1 Å². The Morgan fingerprint density at radius 1 is 1.06 bits per heavy atom. The fourth-order valence-corrected chi connectivity index (χ4v) is 2.44. The first-order chi connectivity index (χ1) is 8.06. The summed E-state index contributed by atoms with van der Waals surface area (Å²) in [6, 6.07) is 5.41. The third-order valence-electron chi connectivity index (χ3n) is 2.32. The van der Waals surface area contributed by atoms with E-state index in [1.807, 2.05) is 12.1 Å². The lowest BCUT2D eigenvalue weighted by Crippen LogP contribution is -2.02. The molecule has 0 saturated heterocycles. The lowest BCUT2D eigenvalue weighted by Gasteiger charge is -2.07. The molecule has 17 heavy (non-hydrogen) atoms. The molecule has 0 radical (unpaired) electrons. The highest BCUT2D eigenvalue weighted by atomic mass is 32.2. The standard InChI is InChI=1S/C12H12N2O2S/c1-17(15,16)9-11-4-7-14-8-12(11)10-2-5-13-6-3-10/h2-8H,9H2,1H3. The second kappa shape index (κ2) is 4.63. The van der Waals surface area contributed by atoms with Gasteiger partial charge in [0.1, 0.15) is 0 Å². The molecule has 0 aliphatic carbocycles. The zero-order chi connectivity index (χ0) is 12.3. The lowest BCUT2D eigenvalue weighted by molar-refractivity contribution is 0.601. The highest BCUT2D eigenvalue weighted by Gasteiger charge is 2.10. The van der Waals surface area contributed by atoms with Gasteiger partial charge in [-0.2, -0.15) is 0 Å². The summed E-state index contributed by atoms with van der Waals surface area (Å²) in [5.74, 6) is 0.0210. The highest BCUT2D eigenvalue weighted by molar-refractivity contribution is 7.89. The van der Waals surface area contributed by atoms with Crippen LogP contribution in [0.15, 0.2) is 43.0 Å². The van der Waals surface area contributed by atoms with Crippen LogP contribution in [0.2, 0.25) is 0 Å². The molecule has 0 atom stereocenters. The van der Waals surface area contributed by atoms with E-state index in [1.54, 1.807) is 30.9 Å². The Labute approximate surface area is 100 Å². The van der Waals surface area contributed by atoms with Gasteiger partial charge in [0.15, 0.2) is 9.84 Å². The van der Waals surface area contributed by atoms with E-state index in [-0.39, 0.29) is 5.75 Å². The maximum absolute atomic E-state index is 11.4. The van der Waals surface area contributed by atoms with Gasteiger partial charge in [-0.25, -0.2) is 8.42 Å². The fourth-order valence-electron chi connectivity index (χ4n) is 1.62. The van der Waals surface area contributed by atoms with Crippen LogP contribution in [0, 0.1) is 0 Å². The highest BCUT2D eigenvalue weighted by Crippen LogP contribution is 2.23. The van der Waals surface area contributed by atoms with Gasteiger partial charge < -0.3 is 0 Å². The smallest absolute Gasteiger partial charge is 0.151 e. The third kappa shape index (κ3) is 3.10. The molecule has 88 valence electrons. The Morgan fingerprint density at radius 2 is 1.71 bits per heavy atom. The Kier molecular flexibility index (Phi) is 3.19. The molecule has 2 aromatic heterocycles. The van der Waals surface area contributed by atoms with Crippen LogP contribution >= 0.6 is 0 Å². The van der Waals surface area contributed by atoms with Crippen LogP contribution in [0.4, 0.5) is 0 Å². The van der Waals surface area contributed by atoms with E-state index in [0.29, 0.717) is 0 Å². The summed E-state index contributed by atoms with van der Waals surface area (Å²) in [4.78, 5) is 7.97. The largest absolute Gasteiger partial charge is 0.265 e. The number of sulfone groups is 1. The van der Waals surface area contributed by atoms with Gasteiger partial charge in [-0.3, -0.25) is 9.97 Å². The molecule has 0 spiro atoms. The minimum absolute atomic E-state index is 0.0210. The molecule has 0 aliphatic heterocycles. The van der Waals surface area contributed by atoms with Gasteiger partial charge in [-0.05, 0) is 29.3 Å². The molecule has 2 heterocycles. The second-order valence-electron chi connectivity index (χ2n) is 3.84.